The van der Waals surface area contributed by atoms with Gasteiger partial charge in [-0.05, 0) is 25.9 Å². The van der Waals surface area contributed by atoms with Crippen LogP contribution in [-0.2, 0) is 0 Å². The molecule has 16 heavy (non-hydrogen) atoms. The first kappa shape index (κ1) is 15.3. The second-order valence-electron chi connectivity index (χ2n) is 3.97. The Morgan fingerprint density at radius 3 is 1.50 bits per heavy atom. The molecule has 0 aliphatic heterocycles. The van der Waals surface area contributed by atoms with E-state index in [-0.39, 0.29) is 0 Å². The Morgan fingerprint density at radius 1 is 0.812 bits per heavy atom. The van der Waals surface area contributed by atoms with Crippen LogP contribution in [0.3, 0.4) is 0 Å². The molecule has 0 aliphatic rings. The molecule has 0 bridgehead atoms. The lowest BCUT2D eigenvalue weighted by Gasteiger charge is -2.07. The quantitative estimate of drug-likeness (QED) is 0.295. The van der Waals surface area contributed by atoms with Gasteiger partial charge in [-0.25, -0.2) is 0 Å². The Balaban J connectivity index is 3.10. The molecular formula is C12H26N4. The van der Waals surface area contributed by atoms with Crippen molar-refractivity contribution in [3.8, 4) is 0 Å². The van der Waals surface area contributed by atoms with Gasteiger partial charge in [0.15, 0.2) is 0 Å². The Bertz CT molecular complexity index is 179. The van der Waals surface area contributed by atoms with E-state index in [1.807, 2.05) is 0 Å². The van der Waals surface area contributed by atoms with Gasteiger partial charge in [0.05, 0.1) is 0 Å². The summed E-state index contributed by atoms with van der Waals surface area (Å²) in [6.45, 7) is 12.5. The van der Waals surface area contributed by atoms with E-state index >= 15 is 0 Å². The highest BCUT2D eigenvalue weighted by Gasteiger charge is 1.93. The van der Waals surface area contributed by atoms with E-state index in [0.717, 1.165) is 50.2 Å². The van der Waals surface area contributed by atoms with Crippen molar-refractivity contribution in [3.05, 3.63) is 24.3 Å². The summed E-state index contributed by atoms with van der Waals surface area (Å²) in [5.41, 5.74) is 13.0. The maximum absolute atomic E-state index is 5.43. The van der Waals surface area contributed by atoms with Crippen LogP contribution in [0.1, 0.15) is 12.8 Å². The molecule has 0 atom stereocenters. The minimum absolute atomic E-state index is 0.565. The lowest BCUT2D eigenvalue weighted by atomic mass is 10.2. The smallest absolute Gasteiger partial charge is 0.0174 e. The van der Waals surface area contributed by atoms with Crippen molar-refractivity contribution in [3.63, 3.8) is 0 Å². The van der Waals surface area contributed by atoms with Gasteiger partial charge < -0.3 is 22.1 Å². The van der Waals surface area contributed by atoms with Gasteiger partial charge in [-0.1, -0.05) is 24.3 Å². The summed E-state index contributed by atoms with van der Waals surface area (Å²) in [5, 5.41) is 6.60. The largest absolute Gasteiger partial charge is 0.327 e. The molecule has 0 aromatic rings. The van der Waals surface area contributed by atoms with Gasteiger partial charge in [0, 0.05) is 26.2 Å². The molecule has 0 saturated heterocycles. The zero-order chi connectivity index (χ0) is 12.2. The van der Waals surface area contributed by atoms with Crippen molar-refractivity contribution >= 4 is 0 Å². The molecule has 0 rings (SSSR count). The van der Waals surface area contributed by atoms with E-state index < -0.39 is 0 Å². The number of rotatable bonds is 11. The number of hydrogen-bond acceptors (Lipinski definition) is 4. The highest BCUT2D eigenvalue weighted by atomic mass is 14.9. The topological polar surface area (TPSA) is 76.1 Å². The molecule has 0 aromatic carbocycles. The van der Waals surface area contributed by atoms with Crippen LogP contribution in [0.2, 0.25) is 0 Å². The zero-order valence-electron chi connectivity index (χ0n) is 10.2. The minimum atomic E-state index is 0.565. The molecule has 0 aromatic heterocycles. The summed E-state index contributed by atoms with van der Waals surface area (Å²) in [5.74, 6) is 0. The van der Waals surface area contributed by atoms with Crippen LogP contribution >= 0.6 is 0 Å². The van der Waals surface area contributed by atoms with E-state index in [2.05, 4.69) is 23.8 Å². The van der Waals surface area contributed by atoms with E-state index in [9.17, 15) is 0 Å². The Morgan fingerprint density at radius 2 is 1.19 bits per heavy atom. The lowest BCUT2D eigenvalue weighted by Crippen LogP contribution is -2.24. The molecule has 0 radical (unpaired) electrons. The van der Waals surface area contributed by atoms with Crippen LogP contribution in [0.4, 0.5) is 0 Å². The fourth-order valence-corrected chi connectivity index (χ4v) is 1.17. The van der Waals surface area contributed by atoms with Gasteiger partial charge in [-0.2, -0.15) is 0 Å². The zero-order valence-corrected chi connectivity index (χ0v) is 10.2. The molecule has 0 amide bonds. The second kappa shape index (κ2) is 10.8. The number of hydrogen-bond donors (Lipinski definition) is 4. The van der Waals surface area contributed by atoms with Gasteiger partial charge in [-0.3, -0.25) is 0 Å². The van der Waals surface area contributed by atoms with E-state index in [4.69, 9.17) is 11.5 Å². The maximum atomic E-state index is 5.43. The summed E-state index contributed by atoms with van der Waals surface area (Å²) in [6.07, 6.45) is 2.31. The summed E-state index contributed by atoms with van der Waals surface area (Å²) < 4.78 is 0. The molecule has 0 heterocycles. The van der Waals surface area contributed by atoms with Gasteiger partial charge in [0.1, 0.15) is 0 Å². The normalized spacial score (nSPS) is 10.4. The standard InChI is InChI=1S/C12H26N4/c1-11(7-13)9-15-5-3-4-6-16-10-12(2)8-14/h15-16H,1-10,13-14H2. The van der Waals surface area contributed by atoms with E-state index in [0.29, 0.717) is 13.1 Å². The molecule has 4 nitrogen and oxygen atoms in total. The Hall–Kier alpha value is -0.680. The third-order valence-corrected chi connectivity index (χ3v) is 2.28. The summed E-state index contributed by atoms with van der Waals surface area (Å²) in [6, 6.07) is 0. The predicted octanol–water partition coefficient (Wildman–Crippen LogP) is -0.0244. The fourth-order valence-electron chi connectivity index (χ4n) is 1.17. The Kier molecular flexibility index (Phi) is 10.4. The molecule has 4 heteroatoms. The maximum Gasteiger partial charge on any atom is 0.0174 e. The first-order valence-electron chi connectivity index (χ1n) is 5.85. The molecule has 0 aliphatic carbocycles. The van der Waals surface area contributed by atoms with Crippen molar-refractivity contribution in [1.82, 2.24) is 10.6 Å². The molecule has 0 unspecified atom stereocenters. The Labute approximate surface area is 99.2 Å². The minimum Gasteiger partial charge on any atom is -0.327 e. The first-order chi connectivity index (χ1) is 7.70. The van der Waals surface area contributed by atoms with Gasteiger partial charge in [0.25, 0.3) is 0 Å². The van der Waals surface area contributed by atoms with Crippen molar-refractivity contribution in [1.29, 1.82) is 0 Å². The van der Waals surface area contributed by atoms with Crippen molar-refractivity contribution in [2.75, 3.05) is 39.3 Å². The number of unbranched alkanes of at least 4 members (excludes halogenated alkanes) is 1. The summed E-state index contributed by atoms with van der Waals surface area (Å²) >= 11 is 0. The van der Waals surface area contributed by atoms with Crippen LogP contribution < -0.4 is 22.1 Å². The third kappa shape index (κ3) is 9.86. The third-order valence-electron chi connectivity index (χ3n) is 2.28. The van der Waals surface area contributed by atoms with E-state index in [1.165, 1.54) is 0 Å². The lowest BCUT2D eigenvalue weighted by molar-refractivity contribution is 0.607. The van der Waals surface area contributed by atoms with Crippen molar-refractivity contribution < 1.29 is 0 Å². The van der Waals surface area contributed by atoms with Crippen LogP contribution in [0.5, 0.6) is 0 Å². The summed E-state index contributed by atoms with van der Waals surface area (Å²) in [4.78, 5) is 0. The molecular weight excluding hydrogens is 200 g/mol. The van der Waals surface area contributed by atoms with Crippen molar-refractivity contribution in [2.24, 2.45) is 11.5 Å². The average Bonchev–Trinajstić information content (AvgIpc) is 2.31. The van der Waals surface area contributed by atoms with Gasteiger partial charge in [-0.15, -0.1) is 0 Å². The highest BCUT2D eigenvalue weighted by molar-refractivity contribution is 4.98. The first-order valence-corrected chi connectivity index (χ1v) is 5.85. The van der Waals surface area contributed by atoms with Crippen LogP contribution in [0, 0.1) is 0 Å². The monoisotopic (exact) mass is 226 g/mol. The number of nitrogens with two attached hydrogens (primary N) is 2. The molecule has 0 spiro atoms. The van der Waals surface area contributed by atoms with Gasteiger partial charge in [0.2, 0.25) is 0 Å². The molecule has 0 fully saturated rings. The van der Waals surface area contributed by atoms with E-state index in [1.54, 1.807) is 0 Å². The van der Waals surface area contributed by atoms with Crippen molar-refractivity contribution in [2.45, 2.75) is 12.8 Å². The van der Waals surface area contributed by atoms with Crippen LogP contribution in [-0.4, -0.2) is 39.3 Å². The van der Waals surface area contributed by atoms with Gasteiger partial charge >= 0.3 is 0 Å². The van der Waals surface area contributed by atoms with Crippen LogP contribution in [0.25, 0.3) is 0 Å². The molecule has 94 valence electrons. The fraction of sp³-hybridized carbons (Fsp3) is 0.667. The second-order valence-corrected chi connectivity index (χ2v) is 3.97. The number of nitrogens with one attached hydrogen (secondary N) is 2. The molecule has 0 saturated carbocycles. The molecule has 6 N–H and O–H groups in total. The SMILES string of the molecule is C=C(CN)CNCCCCNCC(=C)CN. The highest BCUT2D eigenvalue weighted by Crippen LogP contribution is 1.88. The predicted molar refractivity (Wildman–Crippen MR) is 71.4 cm³/mol. The summed E-state index contributed by atoms with van der Waals surface area (Å²) in [7, 11) is 0. The van der Waals surface area contributed by atoms with Crippen LogP contribution in [0.15, 0.2) is 24.3 Å². The average molecular weight is 226 g/mol.